The van der Waals surface area contributed by atoms with Gasteiger partial charge in [-0.05, 0) is 25.0 Å². The highest BCUT2D eigenvalue weighted by Gasteiger charge is 2.16. The minimum Gasteiger partial charge on any atom is -0.508 e. The number of carbonyl (C=O) groups is 1. The molecule has 1 aliphatic heterocycles. The maximum atomic E-state index is 11.1. The second kappa shape index (κ2) is 3.09. The van der Waals surface area contributed by atoms with Gasteiger partial charge in [0.05, 0.1) is 0 Å². The fourth-order valence-corrected chi connectivity index (χ4v) is 1.48. The van der Waals surface area contributed by atoms with Gasteiger partial charge in [0.25, 0.3) is 0 Å². The predicted octanol–water partition coefficient (Wildman–Crippen LogP) is 1.63. The van der Waals surface area contributed by atoms with Crippen LogP contribution < -0.4 is 4.74 Å². The molecule has 0 radical (unpaired) electrons. The number of phenolic OH excluding ortho intramolecular Hbond substituents is 1. The number of rotatable bonds is 0. The zero-order valence-corrected chi connectivity index (χ0v) is 7.12. The van der Waals surface area contributed by atoms with Crippen LogP contribution in [0, 0.1) is 0 Å². The Morgan fingerprint density at radius 1 is 1.31 bits per heavy atom. The Labute approximate surface area is 76.0 Å². The van der Waals surface area contributed by atoms with Crippen molar-refractivity contribution in [2.75, 3.05) is 0 Å². The van der Waals surface area contributed by atoms with Crippen LogP contribution in [0.15, 0.2) is 18.2 Å². The Morgan fingerprint density at radius 3 is 3.00 bits per heavy atom. The van der Waals surface area contributed by atoms with Crippen molar-refractivity contribution < 1.29 is 14.6 Å². The highest BCUT2D eigenvalue weighted by atomic mass is 16.5. The molecule has 68 valence electrons. The van der Waals surface area contributed by atoms with Crippen LogP contribution in [0.3, 0.4) is 0 Å². The molecule has 0 aliphatic carbocycles. The number of ether oxygens (including phenoxy) is 1. The molecule has 1 aliphatic rings. The highest BCUT2D eigenvalue weighted by Crippen LogP contribution is 2.31. The van der Waals surface area contributed by atoms with Crippen LogP contribution in [0.1, 0.15) is 18.4 Å². The summed E-state index contributed by atoms with van der Waals surface area (Å²) >= 11 is 0. The van der Waals surface area contributed by atoms with Crippen LogP contribution in [-0.2, 0) is 11.2 Å². The summed E-state index contributed by atoms with van der Waals surface area (Å²) in [5, 5.41) is 9.48. The van der Waals surface area contributed by atoms with Gasteiger partial charge in [0.2, 0.25) is 0 Å². The second-order valence-electron chi connectivity index (χ2n) is 3.08. The van der Waals surface area contributed by atoms with Crippen molar-refractivity contribution in [3.05, 3.63) is 23.8 Å². The standard InChI is InChI=1S/C10H10O3/c11-8-4-2-5-9-7(8)3-1-6-10(12)13-9/h2,4-5,11H,1,3,6H2. The first-order valence-electron chi connectivity index (χ1n) is 4.29. The number of benzene rings is 1. The first kappa shape index (κ1) is 8.10. The molecule has 0 saturated carbocycles. The minimum atomic E-state index is -0.218. The third-order valence-corrected chi connectivity index (χ3v) is 2.14. The Bertz CT molecular complexity index is 344. The van der Waals surface area contributed by atoms with Gasteiger partial charge in [-0.25, -0.2) is 0 Å². The zero-order chi connectivity index (χ0) is 9.26. The second-order valence-corrected chi connectivity index (χ2v) is 3.08. The van der Waals surface area contributed by atoms with Crippen molar-refractivity contribution in [3.63, 3.8) is 0 Å². The number of fused-ring (bicyclic) bond motifs is 1. The van der Waals surface area contributed by atoms with E-state index in [0.29, 0.717) is 18.6 Å². The van der Waals surface area contributed by atoms with Crippen LogP contribution in [0.25, 0.3) is 0 Å². The molecule has 3 heteroatoms. The number of aromatic hydroxyl groups is 1. The molecule has 3 nitrogen and oxygen atoms in total. The first-order valence-corrected chi connectivity index (χ1v) is 4.29. The molecule has 0 unspecified atom stereocenters. The van der Waals surface area contributed by atoms with Crippen molar-refractivity contribution in [1.29, 1.82) is 0 Å². The van der Waals surface area contributed by atoms with Crippen molar-refractivity contribution in [1.82, 2.24) is 0 Å². The van der Waals surface area contributed by atoms with Gasteiger partial charge >= 0.3 is 5.97 Å². The monoisotopic (exact) mass is 178 g/mol. The quantitative estimate of drug-likeness (QED) is 0.485. The summed E-state index contributed by atoms with van der Waals surface area (Å²) in [6.07, 6.45) is 1.87. The largest absolute Gasteiger partial charge is 0.508 e. The molecule has 0 aromatic heterocycles. The van der Waals surface area contributed by atoms with Gasteiger partial charge in [-0.3, -0.25) is 4.79 Å². The van der Waals surface area contributed by atoms with Crippen molar-refractivity contribution in [3.8, 4) is 11.5 Å². The summed E-state index contributed by atoms with van der Waals surface area (Å²) in [7, 11) is 0. The Kier molecular flexibility index (Phi) is 1.93. The van der Waals surface area contributed by atoms with E-state index in [9.17, 15) is 9.90 Å². The van der Waals surface area contributed by atoms with Gasteiger partial charge < -0.3 is 9.84 Å². The lowest BCUT2D eigenvalue weighted by molar-refractivity contribution is -0.134. The van der Waals surface area contributed by atoms with E-state index in [1.807, 2.05) is 0 Å². The number of phenols is 1. The molecule has 13 heavy (non-hydrogen) atoms. The first-order chi connectivity index (χ1) is 6.27. The van der Waals surface area contributed by atoms with Crippen LogP contribution in [0.4, 0.5) is 0 Å². The Balaban J connectivity index is 2.45. The molecule has 0 fully saturated rings. The summed E-state index contributed by atoms with van der Waals surface area (Å²) in [4.78, 5) is 11.1. The summed E-state index contributed by atoms with van der Waals surface area (Å²) in [6, 6.07) is 4.99. The third-order valence-electron chi connectivity index (χ3n) is 2.14. The smallest absolute Gasteiger partial charge is 0.311 e. The summed E-state index contributed by atoms with van der Waals surface area (Å²) in [5.41, 5.74) is 0.744. The van der Waals surface area contributed by atoms with Crippen molar-refractivity contribution in [2.24, 2.45) is 0 Å². The molecule has 0 spiro atoms. The van der Waals surface area contributed by atoms with Crippen LogP contribution in [0.2, 0.25) is 0 Å². The highest BCUT2D eigenvalue weighted by molar-refractivity contribution is 5.74. The molecule has 1 N–H and O–H groups in total. The average Bonchev–Trinajstić information content (AvgIpc) is 2.27. The van der Waals surface area contributed by atoms with E-state index in [4.69, 9.17) is 4.74 Å². The molecule has 1 heterocycles. The van der Waals surface area contributed by atoms with Gasteiger partial charge in [0.1, 0.15) is 11.5 Å². The number of hydrogen-bond donors (Lipinski definition) is 1. The van der Waals surface area contributed by atoms with Crippen LogP contribution >= 0.6 is 0 Å². The van der Waals surface area contributed by atoms with E-state index in [2.05, 4.69) is 0 Å². The molecule has 0 saturated heterocycles. The van der Waals surface area contributed by atoms with E-state index < -0.39 is 0 Å². The van der Waals surface area contributed by atoms with Gasteiger partial charge in [-0.1, -0.05) is 6.07 Å². The molecule has 0 atom stereocenters. The van der Waals surface area contributed by atoms with E-state index >= 15 is 0 Å². The van der Waals surface area contributed by atoms with Crippen molar-refractivity contribution >= 4 is 5.97 Å². The predicted molar refractivity (Wildman–Crippen MR) is 46.7 cm³/mol. The normalized spacial score (nSPS) is 15.8. The lowest BCUT2D eigenvalue weighted by atomic mass is 10.1. The molecule has 0 amide bonds. The summed E-state index contributed by atoms with van der Waals surface area (Å²) < 4.78 is 5.04. The van der Waals surface area contributed by atoms with E-state index in [1.54, 1.807) is 18.2 Å². The van der Waals surface area contributed by atoms with Gasteiger partial charge in [0, 0.05) is 12.0 Å². The maximum absolute atomic E-state index is 11.1. The molecular weight excluding hydrogens is 168 g/mol. The summed E-state index contributed by atoms with van der Waals surface area (Å²) in [5.74, 6) is 0.499. The Morgan fingerprint density at radius 2 is 2.15 bits per heavy atom. The number of carbonyl (C=O) groups excluding carboxylic acids is 1. The summed E-state index contributed by atoms with van der Waals surface area (Å²) in [6.45, 7) is 0. The Hall–Kier alpha value is -1.51. The van der Waals surface area contributed by atoms with Crippen LogP contribution in [-0.4, -0.2) is 11.1 Å². The van der Waals surface area contributed by atoms with E-state index in [1.165, 1.54) is 0 Å². The minimum absolute atomic E-state index is 0.215. The maximum Gasteiger partial charge on any atom is 0.311 e. The van der Waals surface area contributed by atoms with Gasteiger partial charge in [0.15, 0.2) is 0 Å². The SMILES string of the molecule is O=C1CCCc2c(O)cccc2O1. The van der Waals surface area contributed by atoms with E-state index in [-0.39, 0.29) is 11.7 Å². The molecule has 0 bridgehead atoms. The molecule has 2 rings (SSSR count). The van der Waals surface area contributed by atoms with E-state index in [0.717, 1.165) is 12.0 Å². The molecular formula is C10H10O3. The number of esters is 1. The topological polar surface area (TPSA) is 46.5 Å². The van der Waals surface area contributed by atoms with Crippen LogP contribution in [0.5, 0.6) is 11.5 Å². The molecule has 1 aromatic rings. The lowest BCUT2D eigenvalue weighted by Crippen LogP contribution is -2.05. The van der Waals surface area contributed by atoms with Gasteiger partial charge in [-0.15, -0.1) is 0 Å². The fraction of sp³-hybridized carbons (Fsp3) is 0.300. The fourth-order valence-electron chi connectivity index (χ4n) is 1.48. The zero-order valence-electron chi connectivity index (χ0n) is 7.12. The molecule has 1 aromatic carbocycles. The van der Waals surface area contributed by atoms with Crippen molar-refractivity contribution in [2.45, 2.75) is 19.3 Å². The third kappa shape index (κ3) is 1.49. The lowest BCUT2D eigenvalue weighted by Gasteiger charge is -2.05. The average molecular weight is 178 g/mol. The number of hydrogen-bond acceptors (Lipinski definition) is 3. The van der Waals surface area contributed by atoms with Gasteiger partial charge in [-0.2, -0.15) is 0 Å².